The lowest BCUT2D eigenvalue weighted by Gasteiger charge is -2.20. The molecule has 1 aromatic rings. The molecule has 1 fully saturated rings. The Morgan fingerprint density at radius 3 is 2.94 bits per heavy atom. The smallest absolute Gasteiger partial charge is 0.185 e. The second-order valence-electron chi connectivity index (χ2n) is 5.56. The lowest BCUT2D eigenvalue weighted by molar-refractivity contribution is 0.577. The first-order valence-corrected chi connectivity index (χ1v) is 7.89. The first kappa shape index (κ1) is 13.8. The topological polar surface area (TPSA) is 28.2 Å². The first-order valence-electron chi connectivity index (χ1n) is 7.07. The maximum absolute atomic E-state index is 4.62. The van der Waals surface area contributed by atoms with Gasteiger partial charge in [-0.25, -0.2) is 4.98 Å². The highest BCUT2D eigenvalue weighted by Gasteiger charge is 2.28. The van der Waals surface area contributed by atoms with E-state index in [1.165, 1.54) is 22.9 Å². The number of anilines is 1. The molecular weight excluding hydrogens is 242 g/mol. The zero-order chi connectivity index (χ0) is 13.1. The molecule has 18 heavy (non-hydrogen) atoms. The Labute approximate surface area is 115 Å². The van der Waals surface area contributed by atoms with Gasteiger partial charge >= 0.3 is 0 Å². The van der Waals surface area contributed by atoms with Crippen molar-refractivity contribution in [2.75, 3.05) is 18.0 Å². The molecule has 1 aliphatic rings. The quantitative estimate of drug-likeness (QED) is 0.886. The Bertz CT molecular complexity index is 377. The van der Waals surface area contributed by atoms with Gasteiger partial charge < -0.3 is 10.2 Å². The molecule has 0 radical (unpaired) electrons. The average Bonchev–Trinajstić information content (AvgIpc) is 2.92. The Morgan fingerprint density at radius 2 is 2.33 bits per heavy atom. The molecule has 4 heteroatoms. The van der Waals surface area contributed by atoms with E-state index < -0.39 is 0 Å². The maximum Gasteiger partial charge on any atom is 0.185 e. The Hall–Kier alpha value is -0.610. The summed E-state index contributed by atoms with van der Waals surface area (Å²) in [6, 6.07) is 1.06. The van der Waals surface area contributed by atoms with Crippen molar-refractivity contribution in [3.8, 4) is 0 Å². The Morgan fingerprint density at radius 1 is 1.56 bits per heavy atom. The number of nitrogens with one attached hydrogen (secondary N) is 1. The second kappa shape index (κ2) is 6.02. The van der Waals surface area contributed by atoms with Crippen molar-refractivity contribution < 1.29 is 0 Å². The van der Waals surface area contributed by atoms with Crippen molar-refractivity contribution in [3.05, 3.63) is 11.1 Å². The van der Waals surface area contributed by atoms with E-state index in [-0.39, 0.29) is 0 Å². The molecule has 0 spiro atoms. The van der Waals surface area contributed by atoms with Crippen LogP contribution in [0.25, 0.3) is 0 Å². The summed E-state index contributed by atoms with van der Waals surface area (Å²) in [5.41, 5.74) is 0. The number of hydrogen-bond acceptors (Lipinski definition) is 4. The molecule has 0 saturated carbocycles. The summed E-state index contributed by atoms with van der Waals surface area (Å²) in [6.07, 6.45) is 4.51. The van der Waals surface area contributed by atoms with Crippen LogP contribution >= 0.6 is 11.3 Å². The third-order valence-corrected chi connectivity index (χ3v) is 4.89. The molecular formula is C14H25N3S. The predicted octanol–water partition coefficient (Wildman–Crippen LogP) is 3.44. The normalized spacial score (nSPS) is 25.7. The van der Waals surface area contributed by atoms with Gasteiger partial charge in [-0.15, -0.1) is 11.3 Å². The fraction of sp³-hybridized carbons (Fsp3) is 0.786. The number of thiazole rings is 1. The fourth-order valence-electron chi connectivity index (χ4n) is 2.64. The SMILES string of the molecule is CCCNC(C)c1cnc(N2CC(C)CC2C)s1. The van der Waals surface area contributed by atoms with E-state index in [0.717, 1.165) is 19.0 Å². The molecule has 0 amide bonds. The van der Waals surface area contributed by atoms with Crippen LogP contribution < -0.4 is 10.2 Å². The van der Waals surface area contributed by atoms with Gasteiger partial charge in [-0.3, -0.25) is 0 Å². The fourth-order valence-corrected chi connectivity index (χ4v) is 3.69. The molecule has 1 N–H and O–H groups in total. The molecule has 1 saturated heterocycles. The van der Waals surface area contributed by atoms with Crippen LogP contribution in [-0.4, -0.2) is 24.1 Å². The van der Waals surface area contributed by atoms with Gasteiger partial charge in [0.1, 0.15) is 0 Å². The van der Waals surface area contributed by atoms with Crippen LogP contribution in [0.2, 0.25) is 0 Å². The van der Waals surface area contributed by atoms with Crippen molar-refractivity contribution in [1.29, 1.82) is 0 Å². The van der Waals surface area contributed by atoms with Gasteiger partial charge in [-0.1, -0.05) is 13.8 Å². The lowest BCUT2D eigenvalue weighted by Crippen LogP contribution is -2.26. The molecule has 0 aliphatic carbocycles. The highest BCUT2D eigenvalue weighted by atomic mass is 32.1. The van der Waals surface area contributed by atoms with Gasteiger partial charge in [0.15, 0.2) is 5.13 Å². The summed E-state index contributed by atoms with van der Waals surface area (Å²) < 4.78 is 0. The average molecular weight is 267 g/mol. The molecule has 102 valence electrons. The zero-order valence-electron chi connectivity index (χ0n) is 11.9. The van der Waals surface area contributed by atoms with E-state index in [1.807, 2.05) is 17.5 Å². The summed E-state index contributed by atoms with van der Waals surface area (Å²) in [4.78, 5) is 8.43. The van der Waals surface area contributed by atoms with E-state index in [0.29, 0.717) is 12.1 Å². The van der Waals surface area contributed by atoms with Crippen LogP contribution in [0.15, 0.2) is 6.20 Å². The van der Waals surface area contributed by atoms with Crippen molar-refractivity contribution in [3.63, 3.8) is 0 Å². The number of hydrogen-bond donors (Lipinski definition) is 1. The highest BCUT2D eigenvalue weighted by molar-refractivity contribution is 7.15. The molecule has 0 aromatic carbocycles. The minimum Gasteiger partial charge on any atom is -0.345 e. The Balaban J connectivity index is 2.01. The lowest BCUT2D eigenvalue weighted by atomic mass is 10.1. The van der Waals surface area contributed by atoms with E-state index in [2.05, 4.69) is 42.9 Å². The minimum atomic E-state index is 0.423. The maximum atomic E-state index is 4.62. The van der Waals surface area contributed by atoms with Gasteiger partial charge in [0, 0.05) is 29.7 Å². The van der Waals surface area contributed by atoms with Crippen LogP contribution in [0.4, 0.5) is 5.13 Å². The van der Waals surface area contributed by atoms with Gasteiger partial charge in [0.25, 0.3) is 0 Å². The number of rotatable bonds is 5. The van der Waals surface area contributed by atoms with Crippen LogP contribution in [0.1, 0.15) is 51.5 Å². The van der Waals surface area contributed by atoms with Crippen molar-refractivity contribution in [1.82, 2.24) is 10.3 Å². The van der Waals surface area contributed by atoms with Gasteiger partial charge in [-0.2, -0.15) is 0 Å². The summed E-state index contributed by atoms with van der Waals surface area (Å²) in [5.74, 6) is 0.794. The molecule has 2 rings (SSSR count). The second-order valence-corrected chi connectivity index (χ2v) is 6.60. The summed E-state index contributed by atoms with van der Waals surface area (Å²) in [5, 5.41) is 4.73. The van der Waals surface area contributed by atoms with Crippen molar-refractivity contribution in [2.24, 2.45) is 5.92 Å². The summed E-state index contributed by atoms with van der Waals surface area (Å²) in [7, 11) is 0. The van der Waals surface area contributed by atoms with Crippen LogP contribution in [0, 0.1) is 5.92 Å². The predicted molar refractivity (Wildman–Crippen MR) is 79.4 cm³/mol. The summed E-state index contributed by atoms with van der Waals surface area (Å²) >= 11 is 1.85. The molecule has 1 aromatic heterocycles. The Kier molecular flexibility index (Phi) is 4.62. The van der Waals surface area contributed by atoms with Crippen LogP contribution in [0.3, 0.4) is 0 Å². The van der Waals surface area contributed by atoms with E-state index in [9.17, 15) is 0 Å². The zero-order valence-corrected chi connectivity index (χ0v) is 12.8. The van der Waals surface area contributed by atoms with E-state index in [1.54, 1.807) is 0 Å². The van der Waals surface area contributed by atoms with Crippen molar-refractivity contribution >= 4 is 16.5 Å². The van der Waals surface area contributed by atoms with E-state index >= 15 is 0 Å². The van der Waals surface area contributed by atoms with Crippen LogP contribution in [-0.2, 0) is 0 Å². The molecule has 2 heterocycles. The summed E-state index contributed by atoms with van der Waals surface area (Å²) in [6.45, 7) is 11.3. The third-order valence-electron chi connectivity index (χ3n) is 3.67. The molecule has 1 aliphatic heterocycles. The highest BCUT2D eigenvalue weighted by Crippen LogP contribution is 2.33. The van der Waals surface area contributed by atoms with Gasteiger partial charge in [0.05, 0.1) is 0 Å². The third kappa shape index (κ3) is 3.04. The minimum absolute atomic E-state index is 0.423. The molecule has 3 nitrogen and oxygen atoms in total. The molecule has 3 unspecified atom stereocenters. The monoisotopic (exact) mass is 267 g/mol. The van der Waals surface area contributed by atoms with E-state index in [4.69, 9.17) is 0 Å². The van der Waals surface area contributed by atoms with Crippen molar-refractivity contribution in [2.45, 2.75) is 52.6 Å². The first-order chi connectivity index (χ1) is 8.61. The standard InChI is InChI=1S/C14H25N3S/c1-5-6-15-12(4)13-8-16-14(18-13)17-9-10(2)7-11(17)3/h8,10-12,15H,5-7,9H2,1-4H3. The molecule has 3 atom stereocenters. The van der Waals surface area contributed by atoms with Gasteiger partial charge in [-0.05, 0) is 39.2 Å². The van der Waals surface area contributed by atoms with Gasteiger partial charge in [0.2, 0.25) is 0 Å². The number of nitrogens with zero attached hydrogens (tertiary/aromatic N) is 2. The molecule has 0 bridgehead atoms. The largest absolute Gasteiger partial charge is 0.345 e. The van der Waals surface area contributed by atoms with Crippen LogP contribution in [0.5, 0.6) is 0 Å². The number of aromatic nitrogens is 1.